The van der Waals surface area contributed by atoms with Gasteiger partial charge < -0.3 is 20.7 Å². The summed E-state index contributed by atoms with van der Waals surface area (Å²) in [4.78, 5) is 21.7. The second-order valence-electron chi connectivity index (χ2n) is 4.37. The average molecular weight is 281 g/mol. The van der Waals surface area contributed by atoms with Crippen LogP contribution < -0.4 is 16.0 Å². The Kier molecular flexibility index (Phi) is 6.72. The highest BCUT2D eigenvalue weighted by Crippen LogP contribution is 2.16. The van der Waals surface area contributed by atoms with Gasteiger partial charge in [0.25, 0.3) is 0 Å². The molecule has 0 unspecified atom stereocenters. The molecule has 0 fully saturated rings. The molecule has 7 nitrogen and oxygen atoms in total. The Morgan fingerprint density at radius 1 is 1.45 bits per heavy atom. The van der Waals surface area contributed by atoms with Crippen molar-refractivity contribution >= 4 is 17.5 Å². The smallest absolute Gasteiger partial charge is 0.236 e. The molecule has 1 aromatic rings. The van der Waals surface area contributed by atoms with Crippen LogP contribution in [0.3, 0.4) is 0 Å². The van der Waals surface area contributed by atoms with E-state index in [0.717, 1.165) is 18.8 Å². The van der Waals surface area contributed by atoms with E-state index >= 15 is 0 Å². The number of primary amides is 1. The number of hydrogen-bond acceptors (Lipinski definition) is 6. The zero-order valence-corrected chi connectivity index (χ0v) is 12.3. The number of likely N-dealkylation sites (N-methyl/N-ethyl adjacent to an activating group) is 1. The van der Waals surface area contributed by atoms with Gasteiger partial charge in [-0.2, -0.15) is 0 Å². The fraction of sp³-hybridized carbons (Fsp3) is 0.615. The molecule has 0 radical (unpaired) electrons. The van der Waals surface area contributed by atoms with Gasteiger partial charge in [0, 0.05) is 26.3 Å². The number of rotatable bonds is 9. The molecule has 1 heterocycles. The zero-order valence-electron chi connectivity index (χ0n) is 12.3. The number of nitrogens with zero attached hydrogens (tertiary/aromatic N) is 3. The van der Waals surface area contributed by atoms with Gasteiger partial charge in [-0.3, -0.25) is 4.79 Å². The number of nitrogens with two attached hydrogens (primary N) is 1. The van der Waals surface area contributed by atoms with Gasteiger partial charge in [-0.15, -0.1) is 0 Å². The molecule has 0 bridgehead atoms. The Bertz CT molecular complexity index is 439. The van der Waals surface area contributed by atoms with Crippen molar-refractivity contribution < 1.29 is 9.53 Å². The summed E-state index contributed by atoms with van der Waals surface area (Å²) < 4.78 is 5.07. The van der Waals surface area contributed by atoms with Gasteiger partial charge in [-0.1, -0.05) is 6.92 Å². The predicted molar refractivity (Wildman–Crippen MR) is 78.6 cm³/mol. The first-order valence-corrected chi connectivity index (χ1v) is 6.74. The first-order valence-electron chi connectivity index (χ1n) is 6.74. The molecular weight excluding hydrogens is 258 g/mol. The second kappa shape index (κ2) is 8.31. The van der Waals surface area contributed by atoms with Crippen LogP contribution in [0.15, 0.2) is 6.07 Å². The molecule has 7 heteroatoms. The minimum absolute atomic E-state index is 0.132. The third-order valence-corrected chi connectivity index (χ3v) is 2.64. The summed E-state index contributed by atoms with van der Waals surface area (Å²) in [6, 6.07) is 1.82. The topological polar surface area (TPSA) is 93.4 Å². The number of carbonyl (C=O) groups is 1. The Morgan fingerprint density at radius 2 is 2.20 bits per heavy atom. The van der Waals surface area contributed by atoms with Crippen LogP contribution in [-0.4, -0.2) is 42.6 Å². The maximum atomic E-state index is 11.1. The molecular formula is C13H23N5O2. The fourth-order valence-electron chi connectivity index (χ4n) is 1.73. The summed E-state index contributed by atoms with van der Waals surface area (Å²) in [6.07, 6.45) is 0.998. The maximum absolute atomic E-state index is 11.1. The molecule has 0 spiro atoms. The molecule has 0 saturated heterocycles. The number of nitrogens with one attached hydrogen (secondary N) is 1. The molecule has 0 aliphatic heterocycles. The molecule has 1 amide bonds. The highest BCUT2D eigenvalue weighted by atomic mass is 16.5. The Morgan fingerprint density at radius 3 is 2.75 bits per heavy atom. The van der Waals surface area contributed by atoms with Crippen molar-refractivity contribution in [3.05, 3.63) is 11.9 Å². The van der Waals surface area contributed by atoms with E-state index in [1.165, 1.54) is 0 Å². The van der Waals surface area contributed by atoms with E-state index in [1.54, 1.807) is 12.0 Å². The lowest BCUT2D eigenvalue weighted by atomic mass is 10.4. The van der Waals surface area contributed by atoms with E-state index in [2.05, 4.69) is 22.2 Å². The summed E-state index contributed by atoms with van der Waals surface area (Å²) >= 11 is 0. The summed E-state index contributed by atoms with van der Waals surface area (Å²) in [5.74, 6) is 1.59. The lowest BCUT2D eigenvalue weighted by Gasteiger charge is -2.21. The standard InChI is InChI=1S/C13H23N5O2/c1-4-6-15-11-7-13(17-12(16-11)9-20-3)18(5-2)8-10(14)19/h7H,4-6,8-9H2,1-3H3,(H2,14,19)(H,15,16,17). The maximum Gasteiger partial charge on any atom is 0.236 e. The molecule has 20 heavy (non-hydrogen) atoms. The number of amides is 1. The first kappa shape index (κ1) is 16.2. The quantitative estimate of drug-likeness (QED) is 0.694. The lowest BCUT2D eigenvalue weighted by Crippen LogP contribution is -2.34. The molecule has 1 aromatic heterocycles. The second-order valence-corrected chi connectivity index (χ2v) is 4.37. The van der Waals surface area contributed by atoms with E-state index in [9.17, 15) is 4.79 Å². The van der Waals surface area contributed by atoms with E-state index in [4.69, 9.17) is 10.5 Å². The van der Waals surface area contributed by atoms with Gasteiger partial charge >= 0.3 is 0 Å². The van der Waals surface area contributed by atoms with E-state index in [1.807, 2.05) is 13.0 Å². The molecule has 0 aliphatic carbocycles. The Labute approximate surface area is 119 Å². The van der Waals surface area contributed by atoms with Crippen molar-refractivity contribution in [3.63, 3.8) is 0 Å². The Balaban J connectivity index is 3.01. The number of anilines is 2. The van der Waals surface area contributed by atoms with Crippen molar-refractivity contribution in [2.75, 3.05) is 37.0 Å². The molecule has 1 rings (SSSR count). The van der Waals surface area contributed by atoms with E-state index in [0.29, 0.717) is 24.8 Å². The van der Waals surface area contributed by atoms with Crippen LogP contribution in [0.1, 0.15) is 26.1 Å². The van der Waals surface area contributed by atoms with Crippen molar-refractivity contribution in [1.82, 2.24) is 9.97 Å². The molecule has 0 saturated carbocycles. The van der Waals surface area contributed by atoms with Gasteiger partial charge in [0.05, 0.1) is 6.54 Å². The largest absolute Gasteiger partial charge is 0.377 e. The predicted octanol–water partition coefficient (Wildman–Crippen LogP) is 0.756. The fourth-order valence-corrected chi connectivity index (χ4v) is 1.73. The number of methoxy groups -OCH3 is 1. The van der Waals surface area contributed by atoms with Crippen LogP contribution in [0.4, 0.5) is 11.6 Å². The molecule has 3 N–H and O–H groups in total. The third kappa shape index (κ3) is 5.00. The van der Waals surface area contributed by atoms with E-state index < -0.39 is 0 Å². The minimum Gasteiger partial charge on any atom is -0.377 e. The number of aromatic nitrogens is 2. The van der Waals surface area contributed by atoms with Gasteiger partial charge in [-0.05, 0) is 13.3 Å². The van der Waals surface area contributed by atoms with E-state index in [-0.39, 0.29) is 12.5 Å². The molecule has 0 aliphatic rings. The average Bonchev–Trinajstić information content (AvgIpc) is 2.42. The highest BCUT2D eigenvalue weighted by molar-refractivity contribution is 5.79. The molecule has 112 valence electrons. The van der Waals surface area contributed by atoms with Gasteiger partial charge in [0.2, 0.25) is 5.91 Å². The van der Waals surface area contributed by atoms with Crippen molar-refractivity contribution in [3.8, 4) is 0 Å². The lowest BCUT2D eigenvalue weighted by molar-refractivity contribution is -0.116. The number of hydrogen-bond donors (Lipinski definition) is 2. The van der Waals surface area contributed by atoms with Gasteiger partial charge in [0.15, 0.2) is 5.82 Å². The van der Waals surface area contributed by atoms with Crippen LogP contribution >= 0.6 is 0 Å². The van der Waals surface area contributed by atoms with Crippen molar-refractivity contribution in [1.29, 1.82) is 0 Å². The third-order valence-electron chi connectivity index (χ3n) is 2.64. The molecule has 0 aromatic carbocycles. The van der Waals surface area contributed by atoms with Crippen LogP contribution in [0, 0.1) is 0 Å². The molecule has 0 atom stereocenters. The summed E-state index contributed by atoms with van der Waals surface area (Å²) in [7, 11) is 1.59. The summed E-state index contributed by atoms with van der Waals surface area (Å²) in [6.45, 7) is 5.94. The normalized spacial score (nSPS) is 10.3. The monoisotopic (exact) mass is 281 g/mol. The van der Waals surface area contributed by atoms with Gasteiger partial charge in [-0.25, -0.2) is 9.97 Å². The SMILES string of the molecule is CCCNc1cc(N(CC)CC(N)=O)nc(COC)n1. The number of carbonyl (C=O) groups excluding carboxylic acids is 1. The van der Waals surface area contributed by atoms with Gasteiger partial charge in [0.1, 0.15) is 18.2 Å². The van der Waals surface area contributed by atoms with Crippen LogP contribution in [0.25, 0.3) is 0 Å². The zero-order chi connectivity index (χ0) is 15.0. The van der Waals surface area contributed by atoms with Crippen LogP contribution in [0.5, 0.6) is 0 Å². The van der Waals surface area contributed by atoms with Crippen molar-refractivity contribution in [2.45, 2.75) is 26.9 Å². The van der Waals surface area contributed by atoms with Crippen molar-refractivity contribution in [2.24, 2.45) is 5.73 Å². The number of ether oxygens (including phenoxy) is 1. The summed E-state index contributed by atoms with van der Waals surface area (Å²) in [5.41, 5.74) is 5.26. The minimum atomic E-state index is -0.387. The first-order chi connectivity index (χ1) is 9.60. The van der Waals surface area contributed by atoms with Crippen LogP contribution in [0.2, 0.25) is 0 Å². The summed E-state index contributed by atoms with van der Waals surface area (Å²) in [5, 5.41) is 3.22. The Hall–Kier alpha value is -1.89. The van der Waals surface area contributed by atoms with Crippen LogP contribution in [-0.2, 0) is 16.1 Å². The highest BCUT2D eigenvalue weighted by Gasteiger charge is 2.12.